The van der Waals surface area contributed by atoms with Crippen LogP contribution in [0.15, 0.2) is 40.7 Å². The molecule has 26 heavy (non-hydrogen) atoms. The molecule has 7 nitrogen and oxygen atoms in total. The summed E-state index contributed by atoms with van der Waals surface area (Å²) in [6, 6.07) is 9.48. The van der Waals surface area contributed by atoms with Crippen molar-refractivity contribution in [2.45, 2.75) is 56.4 Å². The van der Waals surface area contributed by atoms with Gasteiger partial charge in [-0.2, -0.15) is 5.11 Å². The number of nitrogens with zero attached hydrogens (tertiary/aromatic N) is 3. The highest BCUT2D eigenvalue weighted by atomic mass is 35.5. The van der Waals surface area contributed by atoms with Gasteiger partial charge in [-0.05, 0) is 13.8 Å². The van der Waals surface area contributed by atoms with Gasteiger partial charge in [0.1, 0.15) is 23.8 Å². The highest BCUT2D eigenvalue weighted by molar-refractivity contribution is 6.20. The number of halogens is 1. The fourth-order valence-electron chi connectivity index (χ4n) is 3.43. The van der Waals surface area contributed by atoms with Crippen LogP contribution in [0.5, 0.6) is 0 Å². The summed E-state index contributed by atoms with van der Waals surface area (Å²) in [5.41, 5.74) is 0.526. The molecule has 3 unspecified atom stereocenters. The Balaban J connectivity index is 1.87. The molecule has 1 aromatic rings. The minimum absolute atomic E-state index is 0.0331. The van der Waals surface area contributed by atoms with Gasteiger partial charge in [0.2, 0.25) is 0 Å². The predicted molar refractivity (Wildman–Crippen MR) is 95.7 cm³/mol. The molecule has 0 N–H and O–H groups in total. The van der Waals surface area contributed by atoms with E-state index in [-0.39, 0.29) is 24.0 Å². The molecule has 0 amide bonds. The molecule has 8 heteroatoms. The van der Waals surface area contributed by atoms with Gasteiger partial charge in [-0.1, -0.05) is 47.2 Å². The number of fused-ring (bicyclic) bond motifs is 1. The largest absolute Gasteiger partial charge is 0.362 e. The van der Waals surface area contributed by atoms with Gasteiger partial charge in [0.05, 0.1) is 19.7 Å². The summed E-state index contributed by atoms with van der Waals surface area (Å²) in [6.45, 7) is 3.67. The lowest BCUT2D eigenvalue weighted by Crippen LogP contribution is -2.61. The number of hydrogen-bond donors (Lipinski definition) is 0. The first kappa shape index (κ1) is 19.2. The summed E-state index contributed by atoms with van der Waals surface area (Å²) in [7, 11) is 1.59. The number of ether oxygens (including phenoxy) is 3. The van der Waals surface area contributed by atoms with E-state index in [1.807, 2.05) is 37.3 Å². The van der Waals surface area contributed by atoms with Crippen LogP contribution in [0.1, 0.15) is 32.1 Å². The third kappa shape index (κ3) is 4.06. The van der Waals surface area contributed by atoms with E-state index in [4.69, 9.17) is 25.8 Å². The molecule has 3 rings (SSSR count). The maximum Gasteiger partial charge on any atom is 0.184 e. The average Bonchev–Trinajstić information content (AvgIpc) is 2.65. The number of hydrogen-bond acceptors (Lipinski definition) is 6. The van der Waals surface area contributed by atoms with Crippen molar-refractivity contribution in [3.8, 4) is 0 Å². The average molecular weight is 382 g/mol. The van der Waals surface area contributed by atoms with Gasteiger partial charge in [0.25, 0.3) is 0 Å². The van der Waals surface area contributed by atoms with Crippen LogP contribution in [0, 0.1) is 0 Å². The van der Waals surface area contributed by atoms with Gasteiger partial charge in [0.15, 0.2) is 12.1 Å². The topological polar surface area (TPSA) is 72.7 Å². The summed E-state index contributed by atoms with van der Waals surface area (Å²) in [5.74, 6) is -0.0331. The van der Waals surface area contributed by atoms with E-state index < -0.39 is 17.9 Å². The van der Waals surface area contributed by atoms with Crippen molar-refractivity contribution in [1.29, 1.82) is 0 Å². The molecule has 2 aliphatic heterocycles. The Morgan fingerprint density at radius 2 is 2.04 bits per heavy atom. The second-order valence-corrected chi connectivity index (χ2v) is 7.13. The molecule has 1 aromatic carbocycles. The van der Waals surface area contributed by atoms with Gasteiger partial charge in [-0.25, -0.2) is 0 Å². The fourth-order valence-corrected chi connectivity index (χ4v) is 3.62. The molecule has 2 saturated heterocycles. The van der Waals surface area contributed by atoms with Crippen molar-refractivity contribution in [3.63, 3.8) is 0 Å². The van der Waals surface area contributed by atoms with E-state index in [9.17, 15) is 4.79 Å². The van der Waals surface area contributed by atoms with Gasteiger partial charge in [0, 0.05) is 12.0 Å². The first-order valence-corrected chi connectivity index (χ1v) is 9.15. The zero-order chi connectivity index (χ0) is 18.7. The molecule has 142 valence electrons. The van der Waals surface area contributed by atoms with E-state index in [1.165, 1.54) is 6.92 Å². The molecule has 2 aliphatic rings. The minimum Gasteiger partial charge on any atom is -0.362 e. The summed E-state index contributed by atoms with van der Waals surface area (Å²) in [4.78, 5) is 11.9. The normalized spacial score (nSPS) is 32.8. The first-order chi connectivity index (χ1) is 12.5. The second-order valence-electron chi connectivity index (χ2n) is 6.50. The molecule has 0 aliphatic carbocycles. The van der Waals surface area contributed by atoms with Crippen molar-refractivity contribution in [2.24, 2.45) is 10.3 Å². The van der Waals surface area contributed by atoms with Crippen LogP contribution in [-0.4, -0.2) is 54.3 Å². The monoisotopic (exact) mass is 381 g/mol. The molecular formula is C18H24ClN3O4. The molecule has 2 heterocycles. The zero-order valence-electron chi connectivity index (χ0n) is 15.1. The molecule has 0 bridgehead atoms. The van der Waals surface area contributed by atoms with Gasteiger partial charge in [-0.3, -0.25) is 9.80 Å². The van der Waals surface area contributed by atoms with Crippen molar-refractivity contribution < 1.29 is 19.0 Å². The van der Waals surface area contributed by atoms with Crippen LogP contribution in [0.2, 0.25) is 0 Å². The summed E-state index contributed by atoms with van der Waals surface area (Å²) in [5, 5.41) is 9.73. The Hall–Kier alpha value is -1.54. The maximum atomic E-state index is 11.9. The molecule has 0 radical (unpaired) electrons. The number of alkyl halides is 1. The van der Waals surface area contributed by atoms with E-state index in [1.54, 1.807) is 12.1 Å². The van der Waals surface area contributed by atoms with Crippen molar-refractivity contribution in [3.05, 3.63) is 35.9 Å². The van der Waals surface area contributed by atoms with Gasteiger partial charge >= 0.3 is 0 Å². The minimum atomic E-state index is -0.535. The number of rotatable bonds is 5. The molecular weight excluding hydrogens is 358 g/mol. The molecule has 0 spiro atoms. The Morgan fingerprint density at radius 1 is 1.31 bits per heavy atom. The molecule has 2 fully saturated rings. The molecule has 0 saturated carbocycles. The Morgan fingerprint density at radius 3 is 2.65 bits per heavy atom. The van der Waals surface area contributed by atoms with E-state index >= 15 is 0 Å². The van der Waals surface area contributed by atoms with Crippen LogP contribution < -0.4 is 0 Å². The smallest absolute Gasteiger partial charge is 0.184 e. The third-order valence-corrected chi connectivity index (χ3v) is 4.86. The van der Waals surface area contributed by atoms with Crippen LogP contribution >= 0.6 is 11.6 Å². The number of ketones is 1. The Bertz CT molecular complexity index is 643. The zero-order valence-corrected chi connectivity index (χ0v) is 15.9. The predicted octanol–water partition coefficient (Wildman–Crippen LogP) is 3.10. The lowest BCUT2D eigenvalue weighted by molar-refractivity contribution is -0.300. The van der Waals surface area contributed by atoms with Crippen molar-refractivity contribution in [2.75, 3.05) is 13.7 Å². The SMILES string of the molecule is CN=NN(C(C)Cl)[C@@H]1CC(C(C)=O)O[C@@H]2COC(c3ccccc3)O[C@H]12. The van der Waals surface area contributed by atoms with Crippen LogP contribution in [0.25, 0.3) is 0 Å². The number of carbonyl (C=O) groups excluding carboxylic acids is 1. The van der Waals surface area contributed by atoms with E-state index in [0.717, 1.165) is 5.56 Å². The summed E-state index contributed by atoms with van der Waals surface area (Å²) < 4.78 is 18.0. The quantitative estimate of drug-likeness (QED) is 0.339. The maximum absolute atomic E-state index is 11.9. The molecule has 0 aromatic heterocycles. The highest BCUT2D eigenvalue weighted by Gasteiger charge is 2.48. The van der Waals surface area contributed by atoms with Crippen LogP contribution in [0.4, 0.5) is 0 Å². The number of benzene rings is 1. The van der Waals surface area contributed by atoms with E-state index in [2.05, 4.69) is 10.3 Å². The first-order valence-electron chi connectivity index (χ1n) is 8.71. The van der Waals surface area contributed by atoms with Crippen LogP contribution in [0.3, 0.4) is 0 Å². The van der Waals surface area contributed by atoms with Crippen LogP contribution in [-0.2, 0) is 19.0 Å². The van der Waals surface area contributed by atoms with Crippen molar-refractivity contribution in [1.82, 2.24) is 5.01 Å². The summed E-state index contributed by atoms with van der Waals surface area (Å²) >= 11 is 6.33. The fraction of sp³-hybridized carbons (Fsp3) is 0.611. The number of Topliss-reactive ketones (excluding diaryl/α,β-unsaturated/α-hetero) is 1. The van der Waals surface area contributed by atoms with Gasteiger partial charge in [-0.15, -0.1) is 0 Å². The second kappa shape index (κ2) is 8.43. The lowest BCUT2D eigenvalue weighted by atomic mass is 9.92. The number of carbonyl (C=O) groups is 1. The molecule has 6 atom stereocenters. The van der Waals surface area contributed by atoms with E-state index in [0.29, 0.717) is 13.0 Å². The summed E-state index contributed by atoms with van der Waals surface area (Å²) in [6.07, 6.45) is -1.30. The Labute approximate surface area is 158 Å². The Kier molecular flexibility index (Phi) is 6.24. The standard InChI is InChI=1S/C18H24ClN3O4/c1-11(23)15-9-14(22(12(2)19)21-20-3)17-16(25-15)10-24-18(26-17)13-7-5-4-6-8-13/h4-8,12,14-18H,9-10H2,1-3H3/t12?,14-,15?,16-,17-,18?/m1/s1. The van der Waals surface area contributed by atoms with Crippen molar-refractivity contribution >= 4 is 17.4 Å². The third-order valence-electron chi connectivity index (χ3n) is 4.66. The lowest BCUT2D eigenvalue weighted by Gasteiger charge is -2.48. The van der Waals surface area contributed by atoms with Gasteiger partial charge < -0.3 is 14.2 Å². The highest BCUT2D eigenvalue weighted by Crippen LogP contribution is 2.37.